The van der Waals surface area contributed by atoms with Gasteiger partial charge in [0.25, 0.3) is 5.91 Å². The second-order valence-corrected chi connectivity index (χ2v) is 10.5. The number of urea groups is 1. The lowest BCUT2D eigenvalue weighted by molar-refractivity contribution is -0.116. The number of anilines is 1. The van der Waals surface area contributed by atoms with Crippen LogP contribution in [0.1, 0.15) is 20.3 Å². The second-order valence-electron chi connectivity index (χ2n) is 10.5. The Labute approximate surface area is 238 Å². The number of imide groups is 1. The molecule has 2 aliphatic heterocycles. The summed E-state index contributed by atoms with van der Waals surface area (Å²) in [6.45, 7) is 9.18. The minimum Gasteiger partial charge on any atom is -0.491 e. The fourth-order valence-corrected chi connectivity index (χ4v) is 5.06. The molecule has 0 spiro atoms. The minimum atomic E-state index is -0.706. The Morgan fingerprint density at radius 1 is 1.05 bits per heavy atom. The Morgan fingerprint density at radius 3 is 2.56 bits per heavy atom. The van der Waals surface area contributed by atoms with Crippen LogP contribution >= 0.6 is 0 Å². The van der Waals surface area contributed by atoms with E-state index in [9.17, 15) is 9.59 Å². The predicted molar refractivity (Wildman–Crippen MR) is 151 cm³/mol. The first-order valence-electron chi connectivity index (χ1n) is 13.8. The molecule has 3 amide bonds. The first kappa shape index (κ1) is 28.6. The molecule has 0 atom stereocenters. The molecule has 10 nitrogen and oxygen atoms in total. The fraction of sp³-hybridized carbons (Fsp3) is 0.433. The third-order valence-electron chi connectivity index (χ3n) is 6.99. The smallest absolute Gasteiger partial charge is 0.331 e. The molecule has 2 saturated heterocycles. The molecule has 1 aromatic heterocycles. The zero-order valence-corrected chi connectivity index (χ0v) is 23.6. The van der Waals surface area contributed by atoms with E-state index in [1.54, 1.807) is 31.5 Å². The van der Waals surface area contributed by atoms with Crippen LogP contribution in [0.5, 0.6) is 23.0 Å². The first-order valence-corrected chi connectivity index (χ1v) is 13.8. The minimum absolute atomic E-state index is 0.0265. The molecular formula is C30H35FN4O6. The van der Waals surface area contributed by atoms with Crippen LogP contribution in [0.2, 0.25) is 0 Å². The van der Waals surface area contributed by atoms with Crippen LogP contribution in [-0.4, -0.2) is 86.4 Å². The van der Waals surface area contributed by atoms with Crippen molar-refractivity contribution in [3.8, 4) is 23.0 Å². The van der Waals surface area contributed by atoms with Crippen LogP contribution in [0.4, 0.5) is 14.9 Å². The number of ether oxygens (including phenoxy) is 4. The lowest BCUT2D eigenvalue weighted by Crippen LogP contribution is -2.37. The van der Waals surface area contributed by atoms with Crippen molar-refractivity contribution in [1.29, 1.82) is 0 Å². The van der Waals surface area contributed by atoms with E-state index in [1.165, 1.54) is 17.0 Å². The van der Waals surface area contributed by atoms with E-state index in [1.807, 2.05) is 13.8 Å². The standard InChI is InChI=1S/C30H35FN4O6/c1-20(2)18-34-19-27(36)35(30(34)37)21-5-7-25(23(31)17-21)41-24-9-10-32-28-22(24)6-8-26(29(28)38-3)40-14-4-11-33-12-15-39-16-13-33/h5-10,17,20H,4,11-16,18-19H2,1-3H3. The number of pyridine rings is 1. The SMILES string of the molecule is COc1c(OCCCN2CCOCC2)ccc2c(Oc3ccc(N4C(=O)CN(CC(C)C)C4=O)cc3F)ccnc12. The number of carbonyl (C=O) groups is 2. The number of methoxy groups -OCH3 is 1. The van der Waals surface area contributed by atoms with Crippen LogP contribution in [0, 0.1) is 11.7 Å². The van der Waals surface area contributed by atoms with Gasteiger partial charge in [0, 0.05) is 43.8 Å². The average molecular weight is 567 g/mol. The van der Waals surface area contributed by atoms with Gasteiger partial charge >= 0.3 is 6.03 Å². The van der Waals surface area contributed by atoms with Crippen LogP contribution in [0.15, 0.2) is 42.6 Å². The average Bonchev–Trinajstić information content (AvgIpc) is 3.24. The van der Waals surface area contributed by atoms with E-state index >= 15 is 4.39 Å². The van der Waals surface area contributed by atoms with Gasteiger partial charge in [-0.05, 0) is 42.7 Å². The quantitative estimate of drug-likeness (QED) is 0.244. The second kappa shape index (κ2) is 12.7. The maximum absolute atomic E-state index is 15.2. The van der Waals surface area contributed by atoms with Crippen molar-refractivity contribution in [2.75, 3.05) is 64.6 Å². The van der Waals surface area contributed by atoms with Gasteiger partial charge in [-0.3, -0.25) is 14.7 Å². The summed E-state index contributed by atoms with van der Waals surface area (Å²) >= 11 is 0. The summed E-state index contributed by atoms with van der Waals surface area (Å²) in [7, 11) is 1.55. The first-order chi connectivity index (χ1) is 19.9. The van der Waals surface area contributed by atoms with E-state index in [4.69, 9.17) is 18.9 Å². The van der Waals surface area contributed by atoms with Crippen molar-refractivity contribution in [1.82, 2.24) is 14.8 Å². The van der Waals surface area contributed by atoms with E-state index in [0.29, 0.717) is 41.3 Å². The number of carbonyl (C=O) groups excluding carboxylic acids is 2. The molecule has 41 heavy (non-hydrogen) atoms. The van der Waals surface area contributed by atoms with Gasteiger partial charge in [0.15, 0.2) is 23.1 Å². The normalized spacial score (nSPS) is 16.2. The Morgan fingerprint density at radius 2 is 1.83 bits per heavy atom. The lowest BCUT2D eigenvalue weighted by atomic mass is 10.1. The number of rotatable bonds is 11. The highest BCUT2D eigenvalue weighted by Gasteiger charge is 2.37. The number of hydrogen-bond donors (Lipinski definition) is 0. The monoisotopic (exact) mass is 566 g/mol. The molecule has 0 unspecified atom stereocenters. The lowest BCUT2D eigenvalue weighted by Gasteiger charge is -2.26. The summed E-state index contributed by atoms with van der Waals surface area (Å²) in [4.78, 5) is 34.6. The number of hydrogen-bond acceptors (Lipinski definition) is 8. The Kier molecular flexibility index (Phi) is 8.84. The summed E-state index contributed by atoms with van der Waals surface area (Å²) in [5.41, 5.74) is 0.680. The Bertz CT molecular complexity index is 1410. The van der Waals surface area contributed by atoms with Crippen LogP contribution in [-0.2, 0) is 9.53 Å². The molecule has 0 saturated carbocycles. The van der Waals surface area contributed by atoms with Crippen LogP contribution in [0.3, 0.4) is 0 Å². The summed E-state index contributed by atoms with van der Waals surface area (Å²) < 4.78 is 38.2. The summed E-state index contributed by atoms with van der Waals surface area (Å²) in [6, 6.07) is 8.81. The van der Waals surface area contributed by atoms with Gasteiger partial charge in [-0.2, -0.15) is 0 Å². The molecular weight excluding hydrogens is 531 g/mol. The summed E-state index contributed by atoms with van der Waals surface area (Å²) in [5.74, 6) is 0.450. The van der Waals surface area contributed by atoms with Crippen molar-refractivity contribution in [3.05, 3.63) is 48.4 Å². The van der Waals surface area contributed by atoms with E-state index < -0.39 is 17.8 Å². The number of nitrogens with zero attached hydrogens (tertiary/aromatic N) is 4. The number of fused-ring (bicyclic) bond motifs is 1. The molecule has 0 radical (unpaired) electrons. The molecule has 3 aromatic rings. The zero-order chi connectivity index (χ0) is 28.9. The Hall–Kier alpha value is -3.96. The highest BCUT2D eigenvalue weighted by Crippen LogP contribution is 2.40. The summed E-state index contributed by atoms with van der Waals surface area (Å²) in [5, 5.41) is 0.614. The zero-order valence-electron chi connectivity index (χ0n) is 23.6. The highest BCUT2D eigenvalue weighted by molar-refractivity contribution is 6.19. The molecule has 11 heteroatoms. The van der Waals surface area contributed by atoms with Crippen molar-refractivity contribution < 1.29 is 32.9 Å². The van der Waals surface area contributed by atoms with Gasteiger partial charge in [0.2, 0.25) is 0 Å². The van der Waals surface area contributed by atoms with Crippen molar-refractivity contribution in [3.63, 3.8) is 0 Å². The molecule has 2 fully saturated rings. The third-order valence-corrected chi connectivity index (χ3v) is 6.99. The summed E-state index contributed by atoms with van der Waals surface area (Å²) in [6.07, 6.45) is 2.41. The highest BCUT2D eigenvalue weighted by atomic mass is 19.1. The third kappa shape index (κ3) is 6.36. The van der Waals surface area contributed by atoms with E-state index in [0.717, 1.165) is 50.2 Å². The van der Waals surface area contributed by atoms with Gasteiger partial charge < -0.3 is 23.8 Å². The molecule has 218 valence electrons. The number of morpholine rings is 1. The molecule has 0 bridgehead atoms. The van der Waals surface area contributed by atoms with E-state index in [2.05, 4.69) is 9.88 Å². The molecule has 3 heterocycles. The fourth-order valence-electron chi connectivity index (χ4n) is 5.06. The van der Waals surface area contributed by atoms with Crippen LogP contribution < -0.4 is 19.1 Å². The topological polar surface area (TPSA) is 93.7 Å². The number of aromatic nitrogens is 1. The van der Waals surface area contributed by atoms with Gasteiger partial charge in [0.05, 0.1) is 32.6 Å². The Balaban J connectivity index is 1.30. The molecule has 2 aliphatic rings. The van der Waals surface area contributed by atoms with E-state index in [-0.39, 0.29) is 23.9 Å². The number of benzene rings is 2. The predicted octanol–water partition coefficient (Wildman–Crippen LogP) is 4.70. The molecule has 5 rings (SSSR count). The van der Waals surface area contributed by atoms with Gasteiger partial charge in [0.1, 0.15) is 17.8 Å². The molecule has 0 aliphatic carbocycles. The molecule has 2 aromatic carbocycles. The maximum atomic E-state index is 15.2. The van der Waals surface area contributed by atoms with Gasteiger partial charge in [-0.1, -0.05) is 13.8 Å². The van der Waals surface area contributed by atoms with Crippen molar-refractivity contribution in [2.24, 2.45) is 5.92 Å². The van der Waals surface area contributed by atoms with Crippen molar-refractivity contribution in [2.45, 2.75) is 20.3 Å². The number of halogens is 1. The van der Waals surface area contributed by atoms with Gasteiger partial charge in [-0.25, -0.2) is 14.1 Å². The van der Waals surface area contributed by atoms with Crippen LogP contribution in [0.25, 0.3) is 10.9 Å². The maximum Gasteiger partial charge on any atom is 0.331 e. The number of amides is 3. The largest absolute Gasteiger partial charge is 0.491 e. The van der Waals surface area contributed by atoms with Crippen molar-refractivity contribution >= 4 is 28.5 Å². The van der Waals surface area contributed by atoms with Gasteiger partial charge in [-0.15, -0.1) is 0 Å². The molecule has 0 N–H and O–H groups in total.